The molecule has 0 bridgehead atoms. The number of carbonyl (C=O) groups is 1. The van der Waals surface area contributed by atoms with Gasteiger partial charge in [-0.3, -0.25) is 9.69 Å². The molecule has 0 aromatic heterocycles. The summed E-state index contributed by atoms with van der Waals surface area (Å²) in [4.78, 5) is 12.9. The monoisotopic (exact) mass is 287 g/mol. The number of rotatable bonds is 3. The first-order chi connectivity index (χ1) is 9.97. The van der Waals surface area contributed by atoms with Gasteiger partial charge in [-0.25, -0.2) is 0 Å². The first-order valence-corrected chi connectivity index (χ1v) is 7.41. The number of aryl methyl sites for hydroxylation is 2. The van der Waals surface area contributed by atoms with Crippen molar-refractivity contribution < 1.29 is 14.6 Å². The maximum Gasteiger partial charge on any atom is 0.304 e. The molecular weight excluding hydrogens is 266 g/mol. The molecule has 2 aliphatic heterocycles. The SMILES string of the molecule is Cc1cc(C)c2c(c1)C=CC1(CCN(CCC(=O)O)C1)O2. The second-order valence-electron chi connectivity index (χ2n) is 6.17. The molecular formula is C17H21NO3. The number of aliphatic carboxylic acids is 1. The van der Waals surface area contributed by atoms with Gasteiger partial charge in [0, 0.05) is 31.6 Å². The first kappa shape index (κ1) is 14.1. The van der Waals surface area contributed by atoms with Gasteiger partial charge in [0.2, 0.25) is 0 Å². The molecule has 0 radical (unpaired) electrons. The summed E-state index contributed by atoms with van der Waals surface area (Å²) in [6, 6.07) is 4.28. The van der Waals surface area contributed by atoms with E-state index in [1.165, 1.54) is 5.56 Å². The van der Waals surface area contributed by atoms with Crippen molar-refractivity contribution in [3.63, 3.8) is 0 Å². The Morgan fingerprint density at radius 3 is 3.00 bits per heavy atom. The molecule has 1 N–H and O–H groups in total. The first-order valence-electron chi connectivity index (χ1n) is 7.41. The Bertz CT molecular complexity index is 608. The van der Waals surface area contributed by atoms with Crippen LogP contribution in [0.1, 0.15) is 29.5 Å². The van der Waals surface area contributed by atoms with E-state index in [1.807, 2.05) is 0 Å². The molecule has 112 valence electrons. The number of ether oxygens (including phenoxy) is 1. The molecule has 0 amide bonds. The van der Waals surface area contributed by atoms with Gasteiger partial charge in [0.25, 0.3) is 0 Å². The van der Waals surface area contributed by atoms with E-state index in [-0.39, 0.29) is 12.0 Å². The smallest absolute Gasteiger partial charge is 0.304 e. The summed E-state index contributed by atoms with van der Waals surface area (Å²) in [5, 5.41) is 8.80. The summed E-state index contributed by atoms with van der Waals surface area (Å²) in [6.45, 7) is 6.42. The van der Waals surface area contributed by atoms with Crippen molar-refractivity contribution in [3.8, 4) is 5.75 Å². The van der Waals surface area contributed by atoms with E-state index >= 15 is 0 Å². The third-order valence-electron chi connectivity index (χ3n) is 4.30. The number of nitrogens with zero attached hydrogens (tertiary/aromatic N) is 1. The summed E-state index contributed by atoms with van der Waals surface area (Å²) >= 11 is 0. The minimum atomic E-state index is -0.743. The van der Waals surface area contributed by atoms with Crippen molar-refractivity contribution in [1.29, 1.82) is 0 Å². The van der Waals surface area contributed by atoms with Crippen LogP contribution in [0.4, 0.5) is 0 Å². The Morgan fingerprint density at radius 1 is 1.43 bits per heavy atom. The number of likely N-dealkylation sites (tertiary alicyclic amines) is 1. The van der Waals surface area contributed by atoms with Gasteiger partial charge in [0.1, 0.15) is 11.4 Å². The van der Waals surface area contributed by atoms with Crippen LogP contribution in [0.2, 0.25) is 0 Å². The molecule has 3 rings (SSSR count). The van der Waals surface area contributed by atoms with E-state index < -0.39 is 5.97 Å². The van der Waals surface area contributed by atoms with Gasteiger partial charge < -0.3 is 9.84 Å². The zero-order chi connectivity index (χ0) is 15.0. The summed E-state index contributed by atoms with van der Waals surface area (Å²) in [5.74, 6) is 0.232. The molecule has 1 fully saturated rings. The summed E-state index contributed by atoms with van der Waals surface area (Å²) in [6.07, 6.45) is 5.40. The largest absolute Gasteiger partial charge is 0.481 e. The van der Waals surface area contributed by atoms with Gasteiger partial charge in [-0.15, -0.1) is 0 Å². The fourth-order valence-electron chi connectivity index (χ4n) is 3.28. The van der Waals surface area contributed by atoms with Gasteiger partial charge in [-0.1, -0.05) is 17.7 Å². The van der Waals surface area contributed by atoms with E-state index in [4.69, 9.17) is 9.84 Å². The van der Waals surface area contributed by atoms with Crippen molar-refractivity contribution in [2.75, 3.05) is 19.6 Å². The minimum Gasteiger partial charge on any atom is -0.481 e. The average Bonchev–Trinajstić information content (AvgIpc) is 2.81. The molecule has 4 nitrogen and oxygen atoms in total. The molecule has 0 aliphatic carbocycles. The van der Waals surface area contributed by atoms with Crippen molar-refractivity contribution in [1.82, 2.24) is 4.90 Å². The number of fused-ring (bicyclic) bond motifs is 1. The Morgan fingerprint density at radius 2 is 2.24 bits per heavy atom. The summed E-state index contributed by atoms with van der Waals surface area (Å²) in [5.41, 5.74) is 3.26. The fraction of sp³-hybridized carbons (Fsp3) is 0.471. The predicted molar refractivity (Wildman–Crippen MR) is 81.6 cm³/mol. The van der Waals surface area contributed by atoms with Gasteiger partial charge in [0.05, 0.1) is 6.42 Å². The second kappa shape index (κ2) is 5.19. The van der Waals surface area contributed by atoms with Crippen molar-refractivity contribution in [2.24, 2.45) is 0 Å². The Balaban J connectivity index is 1.76. The molecule has 0 saturated carbocycles. The van der Waals surface area contributed by atoms with Crippen LogP contribution in [0, 0.1) is 13.8 Å². The topological polar surface area (TPSA) is 49.8 Å². The number of hydrogen-bond donors (Lipinski definition) is 1. The molecule has 1 aromatic rings. The van der Waals surface area contributed by atoms with E-state index in [9.17, 15) is 4.79 Å². The Hall–Kier alpha value is -1.81. The van der Waals surface area contributed by atoms with E-state index in [1.54, 1.807) is 0 Å². The second-order valence-corrected chi connectivity index (χ2v) is 6.17. The summed E-state index contributed by atoms with van der Waals surface area (Å²) < 4.78 is 6.33. The van der Waals surface area contributed by atoms with Crippen LogP contribution in [-0.4, -0.2) is 41.2 Å². The lowest BCUT2D eigenvalue weighted by Crippen LogP contribution is -2.39. The zero-order valence-corrected chi connectivity index (χ0v) is 12.6. The highest BCUT2D eigenvalue weighted by atomic mass is 16.5. The minimum absolute atomic E-state index is 0.189. The number of carboxylic acids is 1. The maximum absolute atomic E-state index is 10.7. The highest BCUT2D eigenvalue weighted by Crippen LogP contribution is 2.38. The average molecular weight is 287 g/mol. The molecule has 1 saturated heterocycles. The lowest BCUT2D eigenvalue weighted by Gasteiger charge is -2.32. The van der Waals surface area contributed by atoms with Crippen LogP contribution in [0.5, 0.6) is 5.75 Å². The fourth-order valence-corrected chi connectivity index (χ4v) is 3.28. The van der Waals surface area contributed by atoms with Crippen LogP contribution in [0.3, 0.4) is 0 Å². The normalized spacial score (nSPS) is 24.1. The highest BCUT2D eigenvalue weighted by Gasteiger charge is 2.40. The standard InChI is InChI=1S/C17H21NO3/c1-12-9-13(2)16-14(10-12)3-5-17(21-16)6-8-18(11-17)7-4-15(19)20/h3,5,9-10H,4,6-8,11H2,1-2H3,(H,19,20). The van der Waals surface area contributed by atoms with Crippen molar-refractivity contribution in [3.05, 3.63) is 34.9 Å². The van der Waals surface area contributed by atoms with E-state index in [0.717, 1.165) is 36.4 Å². The number of benzene rings is 1. The number of hydrogen-bond acceptors (Lipinski definition) is 3. The van der Waals surface area contributed by atoms with Crippen LogP contribution < -0.4 is 4.74 Å². The molecule has 4 heteroatoms. The molecule has 1 atom stereocenters. The third-order valence-corrected chi connectivity index (χ3v) is 4.30. The number of carboxylic acid groups (broad SMARTS) is 1. The van der Waals surface area contributed by atoms with Crippen LogP contribution in [0.15, 0.2) is 18.2 Å². The molecule has 2 aliphatic rings. The lowest BCUT2D eigenvalue weighted by atomic mass is 9.95. The molecule has 2 heterocycles. The third kappa shape index (κ3) is 2.81. The quantitative estimate of drug-likeness (QED) is 0.928. The van der Waals surface area contributed by atoms with Gasteiger partial charge in [0.15, 0.2) is 0 Å². The predicted octanol–water partition coefficient (Wildman–Crippen LogP) is 2.63. The van der Waals surface area contributed by atoms with Crippen LogP contribution in [-0.2, 0) is 4.79 Å². The van der Waals surface area contributed by atoms with E-state index in [0.29, 0.717) is 6.54 Å². The molecule has 1 aromatic carbocycles. The lowest BCUT2D eigenvalue weighted by molar-refractivity contribution is -0.137. The maximum atomic E-state index is 10.7. The van der Waals surface area contributed by atoms with Gasteiger partial charge in [-0.05, 0) is 31.6 Å². The van der Waals surface area contributed by atoms with Gasteiger partial charge in [-0.2, -0.15) is 0 Å². The Labute approximate surface area is 125 Å². The molecule has 1 unspecified atom stereocenters. The van der Waals surface area contributed by atoms with Crippen molar-refractivity contribution >= 4 is 12.0 Å². The highest BCUT2D eigenvalue weighted by molar-refractivity contribution is 5.67. The van der Waals surface area contributed by atoms with Gasteiger partial charge >= 0.3 is 5.97 Å². The zero-order valence-electron chi connectivity index (χ0n) is 12.6. The van der Waals surface area contributed by atoms with Crippen LogP contribution in [0.25, 0.3) is 6.08 Å². The van der Waals surface area contributed by atoms with E-state index in [2.05, 4.69) is 43.0 Å². The van der Waals surface area contributed by atoms with Crippen molar-refractivity contribution in [2.45, 2.75) is 32.3 Å². The van der Waals surface area contributed by atoms with Crippen LogP contribution >= 0.6 is 0 Å². The molecule has 1 spiro atoms. The Kier molecular flexibility index (Phi) is 3.49. The molecule has 21 heavy (non-hydrogen) atoms. The summed E-state index contributed by atoms with van der Waals surface area (Å²) in [7, 11) is 0.